The monoisotopic (exact) mass is 418 g/mol. The van der Waals surface area contributed by atoms with Crippen LogP contribution in [0.25, 0.3) is 49.0 Å². The summed E-state index contributed by atoms with van der Waals surface area (Å²) in [4.78, 5) is 4.97. The van der Waals surface area contributed by atoms with E-state index in [0.29, 0.717) is 0 Å². The van der Waals surface area contributed by atoms with Gasteiger partial charge in [0.25, 0.3) is 0 Å². The first-order valence-corrected chi connectivity index (χ1v) is 11.6. The lowest BCUT2D eigenvalue weighted by atomic mass is 9.81. The zero-order valence-electron chi connectivity index (χ0n) is 20.1. The van der Waals surface area contributed by atoms with Gasteiger partial charge in [-0.3, -0.25) is 4.98 Å². The lowest BCUT2D eigenvalue weighted by Crippen LogP contribution is -2.14. The molecular formula is C30H30N2. The summed E-state index contributed by atoms with van der Waals surface area (Å²) in [7, 11) is 0. The van der Waals surface area contributed by atoms with E-state index in [-0.39, 0.29) is 10.8 Å². The zero-order valence-corrected chi connectivity index (χ0v) is 20.1. The van der Waals surface area contributed by atoms with Gasteiger partial charge in [-0.15, -0.1) is 0 Å². The van der Waals surface area contributed by atoms with Gasteiger partial charge < -0.3 is 4.40 Å². The molecule has 0 atom stereocenters. The molecule has 3 aromatic heterocycles. The van der Waals surface area contributed by atoms with E-state index >= 15 is 0 Å². The van der Waals surface area contributed by atoms with Gasteiger partial charge in [-0.05, 0) is 58.5 Å². The zero-order chi connectivity index (χ0) is 22.6. The van der Waals surface area contributed by atoms with Gasteiger partial charge in [0.05, 0.1) is 22.1 Å². The number of hydrogen-bond donors (Lipinski definition) is 0. The maximum absolute atomic E-state index is 4.97. The Morgan fingerprint density at radius 3 is 2.16 bits per heavy atom. The summed E-state index contributed by atoms with van der Waals surface area (Å²) in [6.45, 7) is 16.1. The van der Waals surface area contributed by atoms with Crippen molar-refractivity contribution in [1.82, 2.24) is 9.38 Å². The number of nitrogens with zero attached hydrogens (tertiary/aromatic N) is 2. The van der Waals surface area contributed by atoms with E-state index in [1.165, 1.54) is 60.2 Å². The molecule has 3 aromatic carbocycles. The first kappa shape index (κ1) is 19.5. The third-order valence-corrected chi connectivity index (χ3v) is 7.01. The van der Waals surface area contributed by atoms with Crippen LogP contribution in [0.15, 0.2) is 54.7 Å². The van der Waals surface area contributed by atoms with Crippen molar-refractivity contribution in [2.75, 3.05) is 0 Å². The quantitative estimate of drug-likeness (QED) is 0.179. The third-order valence-electron chi connectivity index (χ3n) is 7.01. The molecule has 3 heterocycles. The first-order chi connectivity index (χ1) is 15.1. The number of para-hydroxylation sites is 1. The second-order valence-corrected chi connectivity index (χ2v) is 11.5. The molecule has 2 heteroatoms. The fraction of sp³-hybridized carbons (Fsp3) is 0.300. The lowest BCUT2D eigenvalue weighted by molar-refractivity contribution is 0.593. The average Bonchev–Trinajstić information content (AvgIpc) is 3.06. The molecule has 0 amide bonds. The summed E-state index contributed by atoms with van der Waals surface area (Å²) in [5.74, 6) is 0. The van der Waals surface area contributed by atoms with Crippen LogP contribution in [0.2, 0.25) is 0 Å². The minimum atomic E-state index is 0.0147. The number of hydrogen-bond acceptors (Lipinski definition) is 1. The molecule has 0 fully saturated rings. The van der Waals surface area contributed by atoms with Crippen LogP contribution in [0.1, 0.15) is 58.2 Å². The van der Waals surface area contributed by atoms with E-state index in [1.54, 1.807) is 0 Å². The number of benzene rings is 3. The van der Waals surface area contributed by atoms with Gasteiger partial charge >= 0.3 is 0 Å². The van der Waals surface area contributed by atoms with Gasteiger partial charge in [-0.25, -0.2) is 0 Å². The van der Waals surface area contributed by atoms with Gasteiger partial charge in [0, 0.05) is 27.7 Å². The van der Waals surface area contributed by atoms with Crippen molar-refractivity contribution < 1.29 is 0 Å². The average molecular weight is 419 g/mol. The van der Waals surface area contributed by atoms with Crippen molar-refractivity contribution in [3.8, 4) is 0 Å². The standard InChI is InChI=1S/C30H30N2/c1-17-14-20-26-24-18(12-13-31-26)16-21(29(2,3)4)25-19-10-8-9-11-23(19)32(28(24)25)27(20)22(15-17)30(5,6)7/h8-16H,1-7H3. The van der Waals surface area contributed by atoms with E-state index < -0.39 is 0 Å². The summed E-state index contributed by atoms with van der Waals surface area (Å²) >= 11 is 0. The molecular weight excluding hydrogens is 388 g/mol. The van der Waals surface area contributed by atoms with Crippen LogP contribution in [0.4, 0.5) is 0 Å². The van der Waals surface area contributed by atoms with Crippen LogP contribution in [0.3, 0.4) is 0 Å². The largest absolute Gasteiger partial charge is 0.308 e. The van der Waals surface area contributed by atoms with E-state index in [1.807, 2.05) is 6.20 Å². The molecule has 0 saturated heterocycles. The molecule has 6 rings (SSSR count). The summed E-state index contributed by atoms with van der Waals surface area (Å²) < 4.78 is 2.55. The topological polar surface area (TPSA) is 17.3 Å². The minimum absolute atomic E-state index is 0.0147. The van der Waals surface area contributed by atoms with Crippen molar-refractivity contribution in [1.29, 1.82) is 0 Å². The molecule has 32 heavy (non-hydrogen) atoms. The summed E-state index contributed by atoms with van der Waals surface area (Å²) in [6.07, 6.45) is 1.98. The van der Waals surface area contributed by atoms with Gasteiger partial charge in [0.2, 0.25) is 0 Å². The Hall–Kier alpha value is -3.13. The molecule has 0 aliphatic heterocycles. The number of aromatic nitrogens is 2. The number of pyridine rings is 2. The SMILES string of the molecule is Cc1cc(C(C)(C)C)c2c(c1)c1nccc3cc(C(C)(C)C)c4c5ccccc5n2c4c31. The maximum Gasteiger partial charge on any atom is 0.0822 e. The molecule has 2 nitrogen and oxygen atoms in total. The minimum Gasteiger partial charge on any atom is -0.308 e. The summed E-state index contributed by atoms with van der Waals surface area (Å²) in [5, 5.41) is 6.52. The normalized spacial score (nSPS) is 13.5. The van der Waals surface area contributed by atoms with Crippen LogP contribution in [-0.4, -0.2) is 9.38 Å². The highest BCUT2D eigenvalue weighted by Gasteiger charge is 2.28. The highest BCUT2D eigenvalue weighted by atomic mass is 14.9. The molecule has 0 saturated carbocycles. The van der Waals surface area contributed by atoms with Gasteiger partial charge in [-0.2, -0.15) is 0 Å². The Morgan fingerprint density at radius 1 is 0.719 bits per heavy atom. The number of aryl methyl sites for hydroxylation is 1. The Balaban J connectivity index is 2.09. The molecule has 6 aromatic rings. The predicted molar refractivity (Wildman–Crippen MR) is 139 cm³/mol. The second-order valence-electron chi connectivity index (χ2n) is 11.5. The molecule has 0 radical (unpaired) electrons. The molecule has 0 N–H and O–H groups in total. The van der Waals surface area contributed by atoms with Crippen molar-refractivity contribution in [2.45, 2.75) is 59.3 Å². The van der Waals surface area contributed by atoms with E-state index in [0.717, 1.165) is 5.52 Å². The fourth-order valence-electron chi connectivity index (χ4n) is 5.62. The van der Waals surface area contributed by atoms with Crippen molar-refractivity contribution in [2.24, 2.45) is 0 Å². The Morgan fingerprint density at radius 2 is 1.44 bits per heavy atom. The van der Waals surface area contributed by atoms with E-state index in [4.69, 9.17) is 4.98 Å². The molecule has 0 spiro atoms. The predicted octanol–water partition coefficient (Wildman–Crippen LogP) is 8.29. The van der Waals surface area contributed by atoms with Crippen LogP contribution < -0.4 is 0 Å². The second kappa shape index (κ2) is 6.01. The smallest absolute Gasteiger partial charge is 0.0822 e. The van der Waals surface area contributed by atoms with Crippen LogP contribution >= 0.6 is 0 Å². The van der Waals surface area contributed by atoms with Crippen LogP contribution in [-0.2, 0) is 10.8 Å². The molecule has 160 valence electrons. The Bertz CT molecular complexity index is 1680. The van der Waals surface area contributed by atoms with Crippen molar-refractivity contribution in [3.05, 3.63) is 71.4 Å². The summed E-state index contributed by atoms with van der Waals surface area (Å²) in [6, 6.07) is 18.2. The first-order valence-electron chi connectivity index (χ1n) is 11.6. The van der Waals surface area contributed by atoms with Crippen LogP contribution in [0.5, 0.6) is 0 Å². The molecule has 0 aliphatic rings. The highest BCUT2D eigenvalue weighted by molar-refractivity contribution is 6.28. The molecule has 0 aliphatic carbocycles. The van der Waals surface area contributed by atoms with Crippen molar-refractivity contribution >= 4 is 49.0 Å². The summed E-state index contributed by atoms with van der Waals surface area (Å²) in [5.41, 5.74) is 9.13. The number of rotatable bonds is 0. The number of fused-ring (bicyclic) bond motifs is 6. The molecule has 0 bridgehead atoms. The van der Waals surface area contributed by atoms with Crippen molar-refractivity contribution in [3.63, 3.8) is 0 Å². The van der Waals surface area contributed by atoms with Gasteiger partial charge in [0.1, 0.15) is 0 Å². The Labute approximate surface area is 189 Å². The lowest BCUT2D eigenvalue weighted by Gasteiger charge is -2.26. The fourth-order valence-corrected chi connectivity index (χ4v) is 5.62. The third kappa shape index (κ3) is 2.44. The van der Waals surface area contributed by atoms with Gasteiger partial charge in [0.15, 0.2) is 0 Å². The molecule has 0 unspecified atom stereocenters. The Kier molecular flexibility index (Phi) is 3.67. The maximum atomic E-state index is 4.97. The van der Waals surface area contributed by atoms with Crippen LogP contribution in [0, 0.1) is 6.92 Å². The van der Waals surface area contributed by atoms with E-state index in [2.05, 4.69) is 101 Å². The highest BCUT2D eigenvalue weighted by Crippen LogP contribution is 2.46. The van der Waals surface area contributed by atoms with Gasteiger partial charge in [-0.1, -0.05) is 71.4 Å². The van der Waals surface area contributed by atoms with E-state index in [9.17, 15) is 0 Å².